The van der Waals surface area contributed by atoms with Crippen LogP contribution in [-0.2, 0) is 19.2 Å². The molecule has 1 spiro atoms. The molecule has 0 aromatic carbocycles. The molecule has 6 heteroatoms. The molecule has 1 unspecified atom stereocenters. The van der Waals surface area contributed by atoms with Gasteiger partial charge in [0.15, 0.2) is 0 Å². The minimum atomic E-state index is -2.27. The molecule has 6 aliphatic rings. The summed E-state index contributed by atoms with van der Waals surface area (Å²) in [5.74, 6) is 8.07. The van der Waals surface area contributed by atoms with E-state index in [0.717, 1.165) is 44.7 Å². The Hall–Kier alpha value is -0.850. The molecule has 6 rings (SSSR count). The zero-order valence-electron chi connectivity index (χ0n) is 24.1. The SMILES string of the molecule is C=S(C)(=O)N1C[C@@H](C)C[C@H]2O[C@]3(CC[C@@H]4C(=C(C)C3)C[C@H]3[C@H]4CC[C@@H]4CN(C)C(=O)CC[C@@]43C)[C@H](C)[C@@H]21. The normalized spacial score (nSPS) is 50.1. The maximum atomic E-state index is 13.2. The first-order valence-electron chi connectivity index (χ1n) is 15.0. The number of hydrogen-bond acceptors (Lipinski definition) is 3. The topological polar surface area (TPSA) is 49.9 Å². The van der Waals surface area contributed by atoms with Crippen LogP contribution in [0.1, 0.15) is 85.5 Å². The van der Waals surface area contributed by atoms with Crippen molar-refractivity contribution in [3.63, 3.8) is 0 Å². The van der Waals surface area contributed by atoms with Gasteiger partial charge >= 0.3 is 0 Å². The van der Waals surface area contributed by atoms with Gasteiger partial charge in [0, 0.05) is 48.4 Å². The number of carbonyl (C=O) groups excluding carboxylic acids is 1. The Balaban J connectivity index is 1.29. The van der Waals surface area contributed by atoms with Crippen LogP contribution in [0.4, 0.5) is 0 Å². The zero-order chi connectivity index (χ0) is 26.5. The highest BCUT2D eigenvalue weighted by Crippen LogP contribution is 2.64. The van der Waals surface area contributed by atoms with E-state index >= 15 is 0 Å². The Morgan fingerprint density at radius 1 is 1.14 bits per heavy atom. The first-order chi connectivity index (χ1) is 17.3. The molecule has 5 nitrogen and oxygen atoms in total. The van der Waals surface area contributed by atoms with Gasteiger partial charge in [0.05, 0.1) is 17.7 Å². The van der Waals surface area contributed by atoms with Gasteiger partial charge in [-0.3, -0.25) is 9.00 Å². The minimum absolute atomic E-state index is 0.141. The molecule has 0 aromatic rings. The van der Waals surface area contributed by atoms with Gasteiger partial charge in [0.1, 0.15) is 0 Å². The number of amides is 1. The van der Waals surface area contributed by atoms with Crippen LogP contribution >= 0.6 is 0 Å². The molecule has 37 heavy (non-hydrogen) atoms. The number of rotatable bonds is 1. The van der Waals surface area contributed by atoms with Gasteiger partial charge in [-0.25, -0.2) is 4.31 Å². The Labute approximate surface area is 225 Å². The summed E-state index contributed by atoms with van der Waals surface area (Å²) >= 11 is 0. The van der Waals surface area contributed by atoms with Crippen LogP contribution in [0, 0.1) is 40.9 Å². The molecule has 0 N–H and O–H groups in total. The Morgan fingerprint density at radius 3 is 2.62 bits per heavy atom. The number of allylic oxidation sites excluding steroid dienone is 1. The summed E-state index contributed by atoms with van der Waals surface area (Å²) in [6.45, 7) is 11.4. The number of nitrogens with zero attached hydrogens (tertiary/aromatic N) is 2. The third-order valence-corrected chi connectivity index (χ3v) is 13.8. The van der Waals surface area contributed by atoms with Crippen LogP contribution in [0.25, 0.3) is 0 Å². The largest absolute Gasteiger partial charge is 0.369 e. The summed E-state index contributed by atoms with van der Waals surface area (Å²) in [5.41, 5.74) is 3.46. The molecule has 0 radical (unpaired) electrons. The highest BCUT2D eigenvalue weighted by atomic mass is 32.2. The molecule has 5 fully saturated rings. The first kappa shape index (κ1) is 26.4. The van der Waals surface area contributed by atoms with Crippen LogP contribution in [0.5, 0.6) is 0 Å². The van der Waals surface area contributed by atoms with Gasteiger partial charge in [0.2, 0.25) is 5.91 Å². The lowest BCUT2D eigenvalue weighted by Crippen LogP contribution is -2.53. The zero-order valence-corrected chi connectivity index (χ0v) is 24.9. The standard InChI is InChI=1S/C31H50N2O3S/c1-19-14-27-29(33(17-19)37(6,7)35)21(3)31(36-27)13-10-23-24-9-8-22-18-32(5)28(34)11-12-30(22,4)26(24)15-25(23)20(2)16-31/h19,21-24,26-27,29H,6,8-18H2,1-5,7H3/t19-,21+,22+,23-,24-,26-,27+,29-,30-,31-,37?/m0/s1. The molecule has 208 valence electrons. The van der Waals surface area contributed by atoms with Crippen LogP contribution in [0.3, 0.4) is 0 Å². The second-order valence-electron chi connectivity index (χ2n) is 14.6. The van der Waals surface area contributed by atoms with Crippen molar-refractivity contribution in [2.45, 2.75) is 103 Å². The first-order valence-corrected chi connectivity index (χ1v) is 17.1. The van der Waals surface area contributed by atoms with E-state index in [2.05, 4.69) is 37.9 Å². The van der Waals surface area contributed by atoms with Crippen molar-refractivity contribution in [3.8, 4) is 0 Å². The van der Waals surface area contributed by atoms with E-state index < -0.39 is 9.71 Å². The average Bonchev–Trinajstić information content (AvgIpc) is 3.24. The van der Waals surface area contributed by atoms with Crippen LogP contribution in [0.2, 0.25) is 0 Å². The summed E-state index contributed by atoms with van der Waals surface area (Å²) in [6.07, 6.45) is 12.0. The summed E-state index contributed by atoms with van der Waals surface area (Å²) in [5, 5.41) is 0. The predicted molar refractivity (Wildman–Crippen MR) is 152 cm³/mol. The quantitative estimate of drug-likeness (QED) is 0.348. The molecule has 1 amide bonds. The lowest BCUT2D eigenvalue weighted by atomic mass is 9.55. The number of likely N-dealkylation sites (tertiary alicyclic amines) is 1. The molecular weight excluding hydrogens is 480 g/mol. The number of fused-ring (bicyclic) bond motifs is 6. The van der Waals surface area contributed by atoms with E-state index in [4.69, 9.17) is 4.74 Å². The molecule has 3 aliphatic carbocycles. The van der Waals surface area contributed by atoms with E-state index in [9.17, 15) is 9.00 Å². The maximum Gasteiger partial charge on any atom is 0.222 e. The predicted octanol–water partition coefficient (Wildman–Crippen LogP) is 5.15. The monoisotopic (exact) mass is 530 g/mol. The third-order valence-electron chi connectivity index (χ3n) is 12.4. The van der Waals surface area contributed by atoms with Gasteiger partial charge in [-0.1, -0.05) is 31.9 Å². The van der Waals surface area contributed by atoms with E-state index in [1.807, 2.05) is 18.2 Å². The Bertz CT molecular complexity index is 1100. The third kappa shape index (κ3) is 4.01. The van der Waals surface area contributed by atoms with Crippen molar-refractivity contribution < 1.29 is 13.7 Å². The van der Waals surface area contributed by atoms with Crippen LogP contribution in [-0.4, -0.2) is 69.3 Å². The molecule has 3 aliphatic heterocycles. The number of ether oxygens (including phenoxy) is 1. The van der Waals surface area contributed by atoms with Gasteiger partial charge in [0.25, 0.3) is 0 Å². The van der Waals surface area contributed by atoms with Gasteiger partial charge in [-0.15, -0.1) is 0 Å². The van der Waals surface area contributed by atoms with Crippen LogP contribution in [0.15, 0.2) is 11.1 Å². The number of piperidine rings is 1. The van der Waals surface area contributed by atoms with E-state index in [1.54, 1.807) is 11.1 Å². The second kappa shape index (κ2) is 8.83. The Morgan fingerprint density at radius 2 is 1.89 bits per heavy atom. The lowest BCUT2D eigenvalue weighted by molar-refractivity contribution is -0.129. The van der Waals surface area contributed by atoms with Crippen molar-refractivity contribution >= 4 is 21.5 Å². The number of carbonyl (C=O) groups is 1. The van der Waals surface area contributed by atoms with Crippen molar-refractivity contribution in [3.05, 3.63) is 11.1 Å². The van der Waals surface area contributed by atoms with E-state index in [1.165, 1.54) is 25.7 Å². The van der Waals surface area contributed by atoms with Gasteiger partial charge < -0.3 is 9.64 Å². The number of hydrogen-bond donors (Lipinski definition) is 0. The smallest absolute Gasteiger partial charge is 0.222 e. The molecular formula is C31H50N2O3S. The molecule has 3 heterocycles. The molecule has 0 aromatic heterocycles. The van der Waals surface area contributed by atoms with Crippen LogP contribution < -0.4 is 0 Å². The van der Waals surface area contributed by atoms with Gasteiger partial charge in [-0.05, 0) is 99.2 Å². The highest BCUT2D eigenvalue weighted by Gasteiger charge is 2.60. The average molecular weight is 531 g/mol. The summed E-state index contributed by atoms with van der Waals surface area (Å²) in [4.78, 5) is 14.6. The summed E-state index contributed by atoms with van der Waals surface area (Å²) in [6, 6.07) is 0.213. The second-order valence-corrected chi connectivity index (χ2v) is 16.9. The fourth-order valence-electron chi connectivity index (χ4n) is 10.4. The van der Waals surface area contributed by atoms with Crippen molar-refractivity contribution in [2.24, 2.45) is 40.9 Å². The summed E-state index contributed by atoms with van der Waals surface area (Å²) < 4.78 is 22.6. The van der Waals surface area contributed by atoms with Crippen molar-refractivity contribution in [2.75, 3.05) is 26.4 Å². The maximum absolute atomic E-state index is 13.2. The Kier molecular flexibility index (Phi) is 6.29. The molecule has 2 saturated carbocycles. The summed E-state index contributed by atoms with van der Waals surface area (Å²) in [7, 11) is -0.257. The fourth-order valence-corrected chi connectivity index (χ4v) is 11.8. The highest BCUT2D eigenvalue weighted by molar-refractivity contribution is 7.97. The van der Waals surface area contributed by atoms with Crippen molar-refractivity contribution in [1.82, 2.24) is 9.21 Å². The van der Waals surface area contributed by atoms with Gasteiger partial charge in [-0.2, -0.15) is 0 Å². The fraction of sp³-hybridized carbons (Fsp3) is 0.871. The van der Waals surface area contributed by atoms with Crippen molar-refractivity contribution in [1.29, 1.82) is 0 Å². The molecule has 0 bridgehead atoms. The van der Waals surface area contributed by atoms with E-state index in [-0.39, 0.29) is 23.2 Å². The van der Waals surface area contributed by atoms with E-state index in [0.29, 0.717) is 41.9 Å². The minimum Gasteiger partial charge on any atom is -0.369 e. The molecule has 3 saturated heterocycles. The lowest BCUT2D eigenvalue weighted by Gasteiger charge is -2.49. The molecule has 11 atom stereocenters.